The molecule has 0 bridgehead atoms. The lowest BCUT2D eigenvalue weighted by Gasteiger charge is -2.48. The third kappa shape index (κ3) is 2.69. The van der Waals surface area contributed by atoms with Gasteiger partial charge in [0.2, 0.25) is 0 Å². The minimum atomic E-state index is -0.0547. The Morgan fingerprint density at radius 3 is 2.56 bits per heavy atom. The van der Waals surface area contributed by atoms with Crippen molar-refractivity contribution >= 4 is 5.91 Å². The van der Waals surface area contributed by atoms with E-state index in [2.05, 4.69) is 24.2 Å². The molecule has 1 amide bonds. The Bertz CT molecular complexity index is 291. The van der Waals surface area contributed by atoms with Crippen LogP contribution >= 0.6 is 0 Å². The Kier molecular flexibility index (Phi) is 4.62. The zero-order valence-corrected chi connectivity index (χ0v) is 11.7. The number of hydrogen-bond acceptors (Lipinski definition) is 3. The van der Waals surface area contributed by atoms with E-state index in [0.717, 1.165) is 12.5 Å². The predicted octanol–water partition coefficient (Wildman–Crippen LogP) is 1.66. The second-order valence-electron chi connectivity index (χ2n) is 6.19. The minimum absolute atomic E-state index is 0.0174. The highest BCUT2D eigenvalue weighted by molar-refractivity contribution is 5.81. The molecule has 3 N–H and O–H groups in total. The summed E-state index contributed by atoms with van der Waals surface area (Å²) in [5.74, 6) is 6.46. The maximum Gasteiger partial charge on any atom is 0.251 e. The van der Waals surface area contributed by atoms with Crippen LogP contribution in [0.4, 0.5) is 0 Å². The first-order valence-corrected chi connectivity index (χ1v) is 7.41. The van der Waals surface area contributed by atoms with Gasteiger partial charge in [-0.2, -0.15) is 0 Å². The Hall–Kier alpha value is -0.610. The van der Waals surface area contributed by atoms with Gasteiger partial charge in [0.15, 0.2) is 0 Å². The van der Waals surface area contributed by atoms with Crippen molar-refractivity contribution in [2.45, 2.75) is 64.5 Å². The van der Waals surface area contributed by atoms with Gasteiger partial charge in [-0.3, -0.25) is 15.1 Å². The lowest BCUT2D eigenvalue weighted by atomic mass is 9.77. The predicted molar refractivity (Wildman–Crippen MR) is 72.6 cm³/mol. The molecule has 1 saturated heterocycles. The lowest BCUT2D eigenvalue weighted by Crippen LogP contribution is -2.59. The van der Waals surface area contributed by atoms with Gasteiger partial charge >= 0.3 is 0 Å². The summed E-state index contributed by atoms with van der Waals surface area (Å²) >= 11 is 0. The van der Waals surface area contributed by atoms with E-state index in [0.29, 0.717) is 12.0 Å². The summed E-state index contributed by atoms with van der Waals surface area (Å²) in [6.45, 7) is 5.29. The monoisotopic (exact) mass is 253 g/mol. The first-order valence-electron chi connectivity index (χ1n) is 7.41. The van der Waals surface area contributed by atoms with Gasteiger partial charge in [-0.1, -0.05) is 26.7 Å². The zero-order valence-electron chi connectivity index (χ0n) is 11.7. The van der Waals surface area contributed by atoms with Gasteiger partial charge in [-0.05, 0) is 44.1 Å². The van der Waals surface area contributed by atoms with Crippen LogP contribution in [0.5, 0.6) is 0 Å². The van der Waals surface area contributed by atoms with E-state index in [9.17, 15) is 4.79 Å². The van der Waals surface area contributed by atoms with Gasteiger partial charge in [-0.25, -0.2) is 5.84 Å². The molecule has 1 aliphatic carbocycles. The van der Waals surface area contributed by atoms with E-state index in [4.69, 9.17) is 5.84 Å². The summed E-state index contributed by atoms with van der Waals surface area (Å²) in [4.78, 5) is 14.5. The fourth-order valence-electron chi connectivity index (χ4n) is 3.93. The number of likely N-dealkylation sites (tertiary alicyclic amines) is 1. The Morgan fingerprint density at radius 2 is 1.89 bits per heavy atom. The fraction of sp³-hybridized carbons (Fsp3) is 0.929. The molecule has 1 aliphatic heterocycles. The summed E-state index contributed by atoms with van der Waals surface area (Å²) in [5, 5.41) is 0. The maximum absolute atomic E-state index is 12.0. The Morgan fingerprint density at radius 1 is 1.22 bits per heavy atom. The molecule has 2 fully saturated rings. The van der Waals surface area contributed by atoms with Crippen molar-refractivity contribution in [3.05, 3.63) is 0 Å². The number of carbonyl (C=O) groups excluding carboxylic acids is 1. The number of rotatable bonds is 3. The summed E-state index contributed by atoms with van der Waals surface area (Å²) in [6.07, 6.45) is 7.84. The molecule has 1 unspecified atom stereocenters. The molecular formula is C14H27N3O. The van der Waals surface area contributed by atoms with Crippen molar-refractivity contribution in [2.75, 3.05) is 6.54 Å². The molecule has 0 radical (unpaired) electrons. The number of nitrogens with two attached hydrogens (primary N) is 1. The summed E-state index contributed by atoms with van der Waals surface area (Å²) in [5.41, 5.74) is 2.36. The van der Waals surface area contributed by atoms with E-state index in [-0.39, 0.29) is 11.9 Å². The van der Waals surface area contributed by atoms with Crippen LogP contribution in [-0.4, -0.2) is 29.4 Å². The zero-order chi connectivity index (χ0) is 13.1. The van der Waals surface area contributed by atoms with Crippen LogP contribution in [-0.2, 0) is 4.79 Å². The van der Waals surface area contributed by atoms with Gasteiger partial charge in [0.25, 0.3) is 5.91 Å². The molecule has 0 aromatic rings. The average Bonchev–Trinajstić information content (AvgIpc) is 2.38. The number of fused-ring (bicyclic) bond motifs is 1. The standard InChI is InChI=1S/C14H27N3O/c1-10(2)13(14(18)16-15)17-9-5-7-11-6-3-4-8-12(11)17/h10-13H,3-9,15H2,1-2H3,(H,16,18)/t11-,12-,13?/m1/s1. The van der Waals surface area contributed by atoms with Gasteiger partial charge in [-0.15, -0.1) is 0 Å². The van der Waals surface area contributed by atoms with Crippen LogP contribution < -0.4 is 11.3 Å². The summed E-state index contributed by atoms with van der Waals surface area (Å²) in [6, 6.07) is 0.554. The second-order valence-corrected chi connectivity index (χ2v) is 6.19. The summed E-state index contributed by atoms with van der Waals surface area (Å²) in [7, 11) is 0. The molecule has 0 aromatic carbocycles. The van der Waals surface area contributed by atoms with E-state index in [1.54, 1.807) is 0 Å². The van der Waals surface area contributed by atoms with Crippen LogP contribution in [0.25, 0.3) is 0 Å². The molecule has 4 nitrogen and oxygen atoms in total. The topological polar surface area (TPSA) is 58.4 Å². The Balaban J connectivity index is 2.14. The highest BCUT2D eigenvalue weighted by Crippen LogP contribution is 2.37. The van der Waals surface area contributed by atoms with Crippen LogP contribution in [0.1, 0.15) is 52.4 Å². The third-order valence-electron chi connectivity index (χ3n) is 4.69. The maximum atomic E-state index is 12.0. The highest BCUT2D eigenvalue weighted by Gasteiger charge is 2.40. The van der Waals surface area contributed by atoms with E-state index in [1.165, 1.54) is 38.5 Å². The molecule has 1 saturated carbocycles. The normalized spacial score (nSPS) is 30.9. The number of nitrogens with zero attached hydrogens (tertiary/aromatic N) is 1. The van der Waals surface area contributed by atoms with Crippen LogP contribution in [0.2, 0.25) is 0 Å². The van der Waals surface area contributed by atoms with Crippen molar-refractivity contribution in [3.8, 4) is 0 Å². The van der Waals surface area contributed by atoms with Crippen LogP contribution in [0.3, 0.4) is 0 Å². The molecule has 18 heavy (non-hydrogen) atoms. The minimum Gasteiger partial charge on any atom is -0.293 e. The average molecular weight is 253 g/mol. The largest absolute Gasteiger partial charge is 0.293 e. The quantitative estimate of drug-likeness (QED) is 0.457. The molecule has 3 atom stereocenters. The van der Waals surface area contributed by atoms with E-state index >= 15 is 0 Å². The summed E-state index contributed by atoms with van der Waals surface area (Å²) < 4.78 is 0. The van der Waals surface area contributed by atoms with E-state index < -0.39 is 0 Å². The first kappa shape index (κ1) is 13.8. The second kappa shape index (κ2) is 6.02. The molecule has 0 spiro atoms. The number of carbonyl (C=O) groups is 1. The number of nitrogens with one attached hydrogen (secondary N) is 1. The van der Waals surface area contributed by atoms with Crippen molar-refractivity contribution in [1.82, 2.24) is 10.3 Å². The van der Waals surface area contributed by atoms with Gasteiger partial charge < -0.3 is 0 Å². The van der Waals surface area contributed by atoms with Crippen LogP contribution in [0, 0.1) is 11.8 Å². The number of amides is 1. The first-order chi connectivity index (χ1) is 8.65. The molecule has 104 valence electrons. The van der Waals surface area contributed by atoms with Crippen molar-refractivity contribution in [1.29, 1.82) is 0 Å². The van der Waals surface area contributed by atoms with Crippen molar-refractivity contribution in [3.63, 3.8) is 0 Å². The smallest absolute Gasteiger partial charge is 0.251 e. The van der Waals surface area contributed by atoms with Gasteiger partial charge in [0.1, 0.15) is 0 Å². The number of hydrogen-bond donors (Lipinski definition) is 2. The molecule has 0 aromatic heterocycles. The highest BCUT2D eigenvalue weighted by atomic mass is 16.2. The molecule has 2 aliphatic rings. The van der Waals surface area contributed by atoms with Crippen LogP contribution in [0.15, 0.2) is 0 Å². The number of hydrazine groups is 1. The van der Waals surface area contributed by atoms with Gasteiger partial charge in [0.05, 0.1) is 6.04 Å². The fourth-order valence-corrected chi connectivity index (χ4v) is 3.93. The Labute approximate surface area is 110 Å². The molecule has 2 rings (SSSR count). The molecule has 1 heterocycles. The number of piperidine rings is 1. The van der Waals surface area contributed by atoms with Crippen molar-refractivity contribution in [2.24, 2.45) is 17.7 Å². The molecular weight excluding hydrogens is 226 g/mol. The molecule has 4 heteroatoms. The van der Waals surface area contributed by atoms with Crippen molar-refractivity contribution < 1.29 is 4.79 Å². The SMILES string of the molecule is CC(C)C(C(=O)NN)N1CCC[C@H]2CCCC[C@H]21. The lowest BCUT2D eigenvalue weighted by molar-refractivity contribution is -0.131. The third-order valence-corrected chi connectivity index (χ3v) is 4.69. The van der Waals surface area contributed by atoms with Gasteiger partial charge in [0, 0.05) is 6.04 Å². The van der Waals surface area contributed by atoms with E-state index in [1.807, 2.05) is 0 Å².